The number of ether oxygens (including phenoxy) is 4. The third-order valence-electron chi connectivity index (χ3n) is 7.15. The van der Waals surface area contributed by atoms with E-state index in [1.54, 1.807) is 66.7 Å². The van der Waals surface area contributed by atoms with E-state index in [2.05, 4.69) is 5.32 Å². The second kappa shape index (κ2) is 9.33. The van der Waals surface area contributed by atoms with Gasteiger partial charge in [0.1, 0.15) is 43.8 Å². The number of amides is 2. The molecular formula is C30H23FN2O7. The molecule has 9 nitrogen and oxygen atoms in total. The highest BCUT2D eigenvalue weighted by Gasteiger charge is 2.61. The van der Waals surface area contributed by atoms with Crippen molar-refractivity contribution in [1.29, 1.82) is 0 Å². The zero-order valence-corrected chi connectivity index (χ0v) is 21.1. The van der Waals surface area contributed by atoms with E-state index in [0.717, 1.165) is 0 Å². The Morgan fingerprint density at radius 3 is 2.20 bits per heavy atom. The molecule has 0 aliphatic carbocycles. The van der Waals surface area contributed by atoms with Crippen LogP contribution in [-0.2, 0) is 15.1 Å². The van der Waals surface area contributed by atoms with Crippen molar-refractivity contribution < 1.29 is 37.3 Å². The summed E-state index contributed by atoms with van der Waals surface area (Å²) in [5.41, 5.74) is -0.428. The minimum absolute atomic E-state index is 0.165. The van der Waals surface area contributed by atoms with Crippen molar-refractivity contribution in [2.24, 2.45) is 0 Å². The summed E-state index contributed by atoms with van der Waals surface area (Å²) in [5.74, 6) is 1.27. The van der Waals surface area contributed by atoms with E-state index >= 15 is 0 Å². The first-order valence-electron chi connectivity index (χ1n) is 12.8. The molecule has 4 aromatic rings. The van der Waals surface area contributed by atoms with Crippen molar-refractivity contribution in [3.05, 3.63) is 84.4 Å². The Labute approximate surface area is 228 Å². The molecule has 1 N–H and O–H groups in total. The van der Waals surface area contributed by atoms with Crippen LogP contribution >= 0.6 is 0 Å². The molecule has 10 heteroatoms. The SMILES string of the molecule is O=C1CC(C(=O)Nc2ccc3c(c2)OCCO3)(c2ccc(-c3ccccc3F)o2)N1c1ccc2c(c1)OCCO2. The van der Waals surface area contributed by atoms with Gasteiger partial charge in [-0.1, -0.05) is 12.1 Å². The minimum atomic E-state index is -1.56. The smallest absolute Gasteiger partial charge is 0.259 e. The van der Waals surface area contributed by atoms with Crippen molar-refractivity contribution in [3.8, 4) is 34.3 Å². The van der Waals surface area contributed by atoms with Gasteiger partial charge >= 0.3 is 0 Å². The van der Waals surface area contributed by atoms with Crippen molar-refractivity contribution in [1.82, 2.24) is 0 Å². The summed E-state index contributed by atoms with van der Waals surface area (Å²) in [6.45, 7) is 1.62. The molecule has 3 aliphatic heterocycles. The largest absolute Gasteiger partial charge is 0.486 e. The van der Waals surface area contributed by atoms with E-state index in [1.807, 2.05) is 0 Å². The van der Waals surface area contributed by atoms with E-state index in [1.165, 1.54) is 11.0 Å². The van der Waals surface area contributed by atoms with Gasteiger partial charge in [-0.05, 0) is 48.5 Å². The molecule has 202 valence electrons. The predicted molar refractivity (Wildman–Crippen MR) is 141 cm³/mol. The lowest BCUT2D eigenvalue weighted by atomic mass is 9.79. The van der Waals surface area contributed by atoms with Gasteiger partial charge in [0.15, 0.2) is 28.5 Å². The number of carbonyl (C=O) groups excluding carboxylic acids is 2. The van der Waals surface area contributed by atoms with Gasteiger partial charge in [0.25, 0.3) is 5.91 Å². The molecule has 4 heterocycles. The number of nitrogens with one attached hydrogen (secondary N) is 1. The lowest BCUT2D eigenvalue weighted by Gasteiger charge is -2.49. The van der Waals surface area contributed by atoms with Gasteiger partial charge in [-0.3, -0.25) is 14.5 Å². The zero-order valence-electron chi connectivity index (χ0n) is 21.1. The molecule has 0 saturated carbocycles. The van der Waals surface area contributed by atoms with Crippen molar-refractivity contribution in [2.45, 2.75) is 12.0 Å². The lowest BCUT2D eigenvalue weighted by Crippen LogP contribution is -2.67. The maximum atomic E-state index is 14.6. The van der Waals surface area contributed by atoms with E-state index in [9.17, 15) is 14.0 Å². The second-order valence-electron chi connectivity index (χ2n) is 9.55. The number of hydrogen-bond donors (Lipinski definition) is 1. The standard InChI is InChI=1S/C30H23FN2O7/c31-21-4-2-1-3-20(21)22-9-10-27(40-22)30(29(35)32-18-5-7-23-25(15-18)38-13-11-36-23)17-28(34)33(30)19-6-8-24-26(16-19)39-14-12-37-24/h1-10,15-16H,11-14,17H2,(H,32,35). The summed E-state index contributed by atoms with van der Waals surface area (Å²) in [5, 5.41) is 2.92. The molecular weight excluding hydrogens is 519 g/mol. The lowest BCUT2D eigenvalue weighted by molar-refractivity contribution is -0.138. The minimum Gasteiger partial charge on any atom is -0.486 e. The highest BCUT2D eigenvalue weighted by Crippen LogP contribution is 2.49. The quantitative estimate of drug-likeness (QED) is 0.358. The van der Waals surface area contributed by atoms with Crippen LogP contribution < -0.4 is 29.2 Å². The Kier molecular flexibility index (Phi) is 5.62. The number of halogens is 1. The van der Waals surface area contributed by atoms with Crippen LogP contribution in [0.15, 0.2) is 77.2 Å². The highest BCUT2D eigenvalue weighted by molar-refractivity contribution is 6.16. The van der Waals surface area contributed by atoms with Crippen LogP contribution in [0.25, 0.3) is 11.3 Å². The molecule has 40 heavy (non-hydrogen) atoms. The highest BCUT2D eigenvalue weighted by atomic mass is 19.1. The number of anilines is 2. The monoisotopic (exact) mass is 542 g/mol. The maximum Gasteiger partial charge on any atom is 0.259 e. The molecule has 1 unspecified atom stereocenters. The van der Waals surface area contributed by atoms with E-state index in [4.69, 9.17) is 23.4 Å². The van der Waals surface area contributed by atoms with Gasteiger partial charge in [-0.25, -0.2) is 4.39 Å². The van der Waals surface area contributed by atoms with E-state index in [-0.39, 0.29) is 29.4 Å². The number of furan rings is 1. The summed E-state index contributed by atoms with van der Waals surface area (Å²) in [6, 6.07) is 19.5. The van der Waals surface area contributed by atoms with Crippen LogP contribution in [0.3, 0.4) is 0 Å². The summed E-state index contributed by atoms with van der Waals surface area (Å²) in [4.78, 5) is 28.7. The van der Waals surface area contributed by atoms with Gasteiger partial charge < -0.3 is 28.7 Å². The number of nitrogens with zero attached hydrogens (tertiary/aromatic N) is 1. The number of β-lactam (4-membered cyclic amide) rings is 1. The molecule has 3 aromatic carbocycles. The molecule has 0 spiro atoms. The van der Waals surface area contributed by atoms with Gasteiger partial charge in [-0.2, -0.15) is 0 Å². The molecule has 1 aromatic heterocycles. The van der Waals surface area contributed by atoms with Gasteiger partial charge in [0.05, 0.1) is 12.0 Å². The van der Waals surface area contributed by atoms with Crippen LogP contribution in [0.5, 0.6) is 23.0 Å². The summed E-state index contributed by atoms with van der Waals surface area (Å²) >= 11 is 0. The number of benzene rings is 3. The average molecular weight is 543 g/mol. The van der Waals surface area contributed by atoms with Crippen LogP contribution in [0.1, 0.15) is 12.2 Å². The van der Waals surface area contributed by atoms with Crippen LogP contribution in [-0.4, -0.2) is 38.2 Å². The summed E-state index contributed by atoms with van der Waals surface area (Å²) < 4.78 is 43.3. The fourth-order valence-corrected chi connectivity index (χ4v) is 5.25. The predicted octanol–water partition coefficient (Wildman–Crippen LogP) is 4.90. The number of fused-ring (bicyclic) bond motifs is 2. The number of rotatable bonds is 5. The van der Waals surface area contributed by atoms with Gasteiger partial charge in [0, 0.05) is 23.5 Å². The molecule has 1 saturated heterocycles. The van der Waals surface area contributed by atoms with Crippen LogP contribution in [0, 0.1) is 5.82 Å². The summed E-state index contributed by atoms with van der Waals surface area (Å²) in [6.07, 6.45) is -0.165. The molecule has 1 fully saturated rings. The fourth-order valence-electron chi connectivity index (χ4n) is 5.25. The Hall–Kier alpha value is -4.99. The molecule has 3 aliphatic rings. The first-order valence-corrected chi connectivity index (χ1v) is 12.8. The van der Waals surface area contributed by atoms with Crippen molar-refractivity contribution in [2.75, 3.05) is 36.6 Å². The Balaban J connectivity index is 1.30. The Morgan fingerprint density at radius 1 is 0.800 bits per heavy atom. The molecule has 2 amide bonds. The van der Waals surface area contributed by atoms with Gasteiger partial charge in [0.2, 0.25) is 5.91 Å². The van der Waals surface area contributed by atoms with Crippen LogP contribution in [0.2, 0.25) is 0 Å². The third kappa shape index (κ3) is 3.83. The second-order valence-corrected chi connectivity index (χ2v) is 9.55. The first kappa shape index (κ1) is 24.1. The summed E-state index contributed by atoms with van der Waals surface area (Å²) in [7, 11) is 0. The fraction of sp³-hybridized carbons (Fsp3) is 0.200. The van der Waals surface area contributed by atoms with E-state index in [0.29, 0.717) is 60.8 Å². The number of hydrogen-bond acceptors (Lipinski definition) is 7. The zero-order chi connectivity index (χ0) is 27.3. The maximum absolute atomic E-state index is 14.6. The number of carbonyl (C=O) groups is 2. The van der Waals surface area contributed by atoms with Crippen LogP contribution in [0.4, 0.5) is 15.8 Å². The normalized spacial score (nSPS) is 19.1. The molecule has 0 radical (unpaired) electrons. The van der Waals surface area contributed by atoms with Crippen molar-refractivity contribution >= 4 is 23.2 Å². The Morgan fingerprint density at radius 2 is 1.48 bits per heavy atom. The average Bonchev–Trinajstić information content (AvgIpc) is 3.46. The van der Waals surface area contributed by atoms with Crippen molar-refractivity contribution in [3.63, 3.8) is 0 Å². The molecule has 0 bridgehead atoms. The molecule has 7 rings (SSSR count). The topological polar surface area (TPSA) is 99.5 Å². The molecule has 1 atom stereocenters. The van der Waals surface area contributed by atoms with E-state index < -0.39 is 17.3 Å². The third-order valence-corrected chi connectivity index (χ3v) is 7.15. The van der Waals surface area contributed by atoms with Gasteiger partial charge in [-0.15, -0.1) is 0 Å². The first-order chi connectivity index (χ1) is 19.5. The Bertz CT molecular complexity index is 1650.